The summed E-state index contributed by atoms with van der Waals surface area (Å²) in [5.74, 6) is -0.933. The highest BCUT2D eigenvalue weighted by Gasteiger charge is 2.33. The molecular formula is C19H17F3N4O. The molecule has 1 amide bonds. The van der Waals surface area contributed by atoms with Gasteiger partial charge in [-0.25, -0.2) is 0 Å². The van der Waals surface area contributed by atoms with Crippen LogP contribution < -0.4 is 16.4 Å². The van der Waals surface area contributed by atoms with Gasteiger partial charge in [-0.15, -0.1) is 0 Å². The van der Waals surface area contributed by atoms with E-state index in [0.717, 1.165) is 23.3 Å². The number of nitrogens with zero attached hydrogens (tertiary/aromatic N) is 1. The standard InChI is InChI=1S/C19H17F3N4O/c20-19(21,22)16-6-1-2-7-17(16)26-18(27)15(10-24)12-25-11-14-5-3-4-13(8-14)9-23/h1-8,12,25H,9,11,23H2,(H,26,27)/b15-12-. The molecule has 0 aliphatic heterocycles. The molecule has 0 spiro atoms. The molecule has 0 saturated carbocycles. The highest BCUT2D eigenvalue weighted by Crippen LogP contribution is 2.34. The van der Waals surface area contributed by atoms with Crippen molar-refractivity contribution in [2.24, 2.45) is 5.73 Å². The minimum atomic E-state index is -4.62. The summed E-state index contributed by atoms with van der Waals surface area (Å²) in [6, 6.07) is 13.6. The topological polar surface area (TPSA) is 90.9 Å². The van der Waals surface area contributed by atoms with Gasteiger partial charge in [0.1, 0.15) is 11.6 Å². The number of anilines is 1. The van der Waals surface area contributed by atoms with Gasteiger partial charge < -0.3 is 16.4 Å². The third-order valence-corrected chi connectivity index (χ3v) is 3.63. The number of benzene rings is 2. The van der Waals surface area contributed by atoms with Gasteiger partial charge in [0.15, 0.2) is 0 Å². The first-order valence-electron chi connectivity index (χ1n) is 7.94. The lowest BCUT2D eigenvalue weighted by molar-refractivity contribution is -0.137. The van der Waals surface area contributed by atoms with Gasteiger partial charge in [0, 0.05) is 19.3 Å². The van der Waals surface area contributed by atoms with Crippen LogP contribution in [0.15, 0.2) is 60.3 Å². The Morgan fingerprint density at radius 2 is 1.85 bits per heavy atom. The van der Waals surface area contributed by atoms with E-state index in [1.54, 1.807) is 6.07 Å². The number of nitrogens with two attached hydrogens (primary N) is 1. The third kappa shape index (κ3) is 5.59. The summed E-state index contributed by atoms with van der Waals surface area (Å²) in [5, 5.41) is 14.1. The summed E-state index contributed by atoms with van der Waals surface area (Å²) >= 11 is 0. The Bertz CT molecular complexity index is 885. The monoisotopic (exact) mass is 374 g/mol. The Labute approximate surface area is 154 Å². The van der Waals surface area contributed by atoms with E-state index in [0.29, 0.717) is 13.1 Å². The summed E-state index contributed by atoms with van der Waals surface area (Å²) in [5.41, 5.74) is 5.64. The van der Waals surface area contributed by atoms with Crippen molar-refractivity contribution in [1.29, 1.82) is 5.26 Å². The van der Waals surface area contributed by atoms with Gasteiger partial charge in [-0.2, -0.15) is 18.4 Å². The molecule has 0 atom stereocenters. The molecule has 140 valence electrons. The molecule has 0 unspecified atom stereocenters. The molecule has 0 heterocycles. The number of hydrogen-bond acceptors (Lipinski definition) is 4. The normalized spacial score (nSPS) is 11.6. The first-order chi connectivity index (χ1) is 12.8. The molecule has 8 heteroatoms. The van der Waals surface area contributed by atoms with E-state index in [-0.39, 0.29) is 5.57 Å². The number of nitrogens with one attached hydrogen (secondary N) is 2. The Balaban J connectivity index is 2.08. The number of halogens is 3. The predicted octanol–water partition coefficient (Wildman–Crippen LogP) is 3.30. The summed E-state index contributed by atoms with van der Waals surface area (Å²) < 4.78 is 38.9. The van der Waals surface area contributed by atoms with E-state index in [4.69, 9.17) is 11.0 Å². The van der Waals surface area contributed by atoms with Crippen molar-refractivity contribution in [3.8, 4) is 6.07 Å². The van der Waals surface area contributed by atoms with Gasteiger partial charge in [-0.3, -0.25) is 4.79 Å². The van der Waals surface area contributed by atoms with Crippen LogP contribution in [-0.4, -0.2) is 5.91 Å². The molecule has 2 aromatic carbocycles. The molecule has 0 fully saturated rings. The molecule has 0 aliphatic rings. The highest BCUT2D eigenvalue weighted by molar-refractivity contribution is 6.06. The van der Waals surface area contributed by atoms with Crippen molar-refractivity contribution in [3.63, 3.8) is 0 Å². The fourth-order valence-electron chi connectivity index (χ4n) is 2.32. The van der Waals surface area contributed by atoms with E-state index < -0.39 is 23.3 Å². The summed E-state index contributed by atoms with van der Waals surface area (Å²) in [7, 11) is 0. The molecule has 27 heavy (non-hydrogen) atoms. The quantitative estimate of drug-likeness (QED) is 0.534. The number of nitriles is 1. The summed E-state index contributed by atoms with van der Waals surface area (Å²) in [6.07, 6.45) is -3.45. The lowest BCUT2D eigenvalue weighted by Gasteiger charge is -2.13. The summed E-state index contributed by atoms with van der Waals surface area (Å²) in [4.78, 5) is 12.1. The van der Waals surface area contributed by atoms with Crippen LogP contribution in [0.3, 0.4) is 0 Å². The van der Waals surface area contributed by atoms with Gasteiger partial charge in [-0.1, -0.05) is 36.4 Å². The van der Waals surface area contributed by atoms with Gasteiger partial charge in [0.05, 0.1) is 11.3 Å². The smallest absolute Gasteiger partial charge is 0.386 e. The van der Waals surface area contributed by atoms with Crippen LogP contribution in [0.1, 0.15) is 16.7 Å². The second-order valence-electron chi connectivity index (χ2n) is 5.57. The van der Waals surface area contributed by atoms with Crippen LogP contribution in [0.4, 0.5) is 18.9 Å². The molecule has 5 nitrogen and oxygen atoms in total. The average Bonchev–Trinajstić information content (AvgIpc) is 2.65. The van der Waals surface area contributed by atoms with E-state index in [1.165, 1.54) is 18.3 Å². The molecule has 4 N–H and O–H groups in total. The van der Waals surface area contributed by atoms with E-state index >= 15 is 0 Å². The molecule has 2 rings (SSSR count). The maximum atomic E-state index is 13.0. The first kappa shape index (κ1) is 20.0. The van der Waals surface area contributed by atoms with Crippen molar-refractivity contribution >= 4 is 11.6 Å². The lowest BCUT2D eigenvalue weighted by atomic mass is 10.1. The summed E-state index contributed by atoms with van der Waals surface area (Å²) in [6.45, 7) is 0.708. The zero-order valence-corrected chi connectivity index (χ0v) is 14.2. The maximum Gasteiger partial charge on any atom is 0.418 e. The highest BCUT2D eigenvalue weighted by atomic mass is 19.4. The Hall–Kier alpha value is -3.31. The second kappa shape index (κ2) is 8.87. The van der Waals surface area contributed by atoms with Crippen LogP contribution in [0.5, 0.6) is 0 Å². The maximum absolute atomic E-state index is 13.0. The fourth-order valence-corrected chi connectivity index (χ4v) is 2.32. The van der Waals surface area contributed by atoms with Gasteiger partial charge in [0.2, 0.25) is 0 Å². The first-order valence-corrected chi connectivity index (χ1v) is 7.94. The Morgan fingerprint density at radius 3 is 2.52 bits per heavy atom. The number of hydrogen-bond donors (Lipinski definition) is 3. The number of carbonyl (C=O) groups is 1. The van der Waals surface area contributed by atoms with Gasteiger partial charge in [-0.05, 0) is 23.3 Å². The van der Waals surface area contributed by atoms with Crippen LogP contribution in [-0.2, 0) is 24.1 Å². The van der Waals surface area contributed by atoms with Crippen molar-refractivity contribution in [1.82, 2.24) is 5.32 Å². The molecular weight excluding hydrogens is 357 g/mol. The van der Waals surface area contributed by atoms with Crippen molar-refractivity contribution in [2.75, 3.05) is 5.32 Å². The molecule has 0 saturated heterocycles. The minimum Gasteiger partial charge on any atom is -0.386 e. The van der Waals surface area contributed by atoms with Gasteiger partial charge >= 0.3 is 6.18 Å². The molecule has 0 aliphatic carbocycles. The minimum absolute atomic E-state index is 0.325. The zero-order valence-electron chi connectivity index (χ0n) is 14.2. The molecule has 0 aromatic heterocycles. The fraction of sp³-hybridized carbons (Fsp3) is 0.158. The van der Waals surface area contributed by atoms with Crippen LogP contribution in [0, 0.1) is 11.3 Å². The number of rotatable bonds is 6. The van der Waals surface area contributed by atoms with Crippen LogP contribution in [0.25, 0.3) is 0 Å². The lowest BCUT2D eigenvalue weighted by Crippen LogP contribution is -2.19. The number of alkyl halides is 3. The van der Waals surface area contributed by atoms with Crippen molar-refractivity contribution in [3.05, 3.63) is 77.0 Å². The van der Waals surface area contributed by atoms with E-state index in [9.17, 15) is 18.0 Å². The molecule has 0 bridgehead atoms. The Morgan fingerprint density at radius 1 is 1.15 bits per heavy atom. The average molecular weight is 374 g/mol. The largest absolute Gasteiger partial charge is 0.418 e. The predicted molar refractivity (Wildman–Crippen MR) is 94.9 cm³/mol. The van der Waals surface area contributed by atoms with E-state index in [1.807, 2.05) is 24.3 Å². The zero-order chi connectivity index (χ0) is 19.9. The van der Waals surface area contributed by atoms with Crippen LogP contribution in [0.2, 0.25) is 0 Å². The molecule has 2 aromatic rings. The third-order valence-electron chi connectivity index (χ3n) is 3.63. The van der Waals surface area contributed by atoms with Crippen molar-refractivity contribution < 1.29 is 18.0 Å². The van der Waals surface area contributed by atoms with Gasteiger partial charge in [0.25, 0.3) is 5.91 Å². The SMILES string of the molecule is N#C/C(=C/NCc1cccc(CN)c1)C(=O)Nc1ccccc1C(F)(F)F. The Kier molecular flexibility index (Phi) is 6.57. The number of amides is 1. The van der Waals surface area contributed by atoms with Crippen molar-refractivity contribution in [2.45, 2.75) is 19.3 Å². The van der Waals surface area contributed by atoms with Crippen LogP contribution >= 0.6 is 0 Å². The molecule has 0 radical (unpaired) electrons. The number of para-hydroxylation sites is 1. The number of carbonyl (C=O) groups excluding carboxylic acids is 1. The van der Waals surface area contributed by atoms with E-state index in [2.05, 4.69) is 10.6 Å². The second-order valence-corrected chi connectivity index (χ2v) is 5.57.